The van der Waals surface area contributed by atoms with Crippen LogP contribution < -0.4 is 4.90 Å². The van der Waals surface area contributed by atoms with E-state index >= 15 is 0 Å². The molecule has 0 spiro atoms. The van der Waals surface area contributed by atoms with Gasteiger partial charge in [0.25, 0.3) is 0 Å². The average molecular weight is 214 g/mol. The summed E-state index contributed by atoms with van der Waals surface area (Å²) in [6.07, 6.45) is 1.89. The molecular formula is C14H18N2. The van der Waals surface area contributed by atoms with Crippen LogP contribution in [-0.2, 0) is 0 Å². The van der Waals surface area contributed by atoms with Gasteiger partial charge in [0, 0.05) is 24.4 Å². The smallest absolute Gasteiger partial charge is 0.0944 e. The molecule has 1 aromatic rings. The second kappa shape index (κ2) is 5.97. The molecule has 0 N–H and O–H groups in total. The molecule has 2 nitrogen and oxygen atoms in total. The first-order valence-corrected chi connectivity index (χ1v) is 5.64. The van der Waals surface area contributed by atoms with E-state index in [0.717, 1.165) is 24.2 Å². The zero-order valence-corrected chi connectivity index (χ0v) is 10.2. The molecule has 0 aliphatic rings. The predicted octanol–water partition coefficient (Wildman–Crippen LogP) is 3.46. The molecule has 0 atom stereocenters. The molecular weight excluding hydrogens is 196 g/mol. The zero-order chi connectivity index (χ0) is 12.0. The highest BCUT2D eigenvalue weighted by Crippen LogP contribution is 2.16. The molecule has 0 aliphatic heterocycles. The van der Waals surface area contributed by atoms with Crippen LogP contribution in [0.5, 0.6) is 0 Å². The molecule has 0 heterocycles. The van der Waals surface area contributed by atoms with Gasteiger partial charge in [0.1, 0.15) is 0 Å². The van der Waals surface area contributed by atoms with Crippen molar-refractivity contribution in [2.45, 2.75) is 20.8 Å². The van der Waals surface area contributed by atoms with E-state index in [0.29, 0.717) is 0 Å². The van der Waals surface area contributed by atoms with Gasteiger partial charge < -0.3 is 4.90 Å². The van der Waals surface area contributed by atoms with Gasteiger partial charge in [-0.15, -0.1) is 0 Å². The standard InChI is InChI=1S/C14H18N2/c1-4-16(5-2)14-8-6-13(7-9-14)10-12(3)11-15/h6-10H,4-5H2,1-3H3. The summed E-state index contributed by atoms with van der Waals surface area (Å²) >= 11 is 0. The molecule has 0 aromatic heterocycles. The zero-order valence-electron chi connectivity index (χ0n) is 10.2. The number of nitriles is 1. The fourth-order valence-electron chi connectivity index (χ4n) is 1.65. The van der Waals surface area contributed by atoms with Gasteiger partial charge in [-0.25, -0.2) is 0 Å². The second-order valence-corrected chi connectivity index (χ2v) is 3.70. The molecule has 1 aromatic carbocycles. The van der Waals surface area contributed by atoms with Crippen molar-refractivity contribution in [2.24, 2.45) is 0 Å². The topological polar surface area (TPSA) is 27.0 Å². The van der Waals surface area contributed by atoms with E-state index in [2.05, 4.69) is 49.1 Å². The summed E-state index contributed by atoms with van der Waals surface area (Å²) in [5.41, 5.74) is 3.04. The summed E-state index contributed by atoms with van der Waals surface area (Å²) in [6, 6.07) is 10.4. The Balaban J connectivity index is 2.87. The quantitative estimate of drug-likeness (QED) is 0.718. The Labute approximate surface area is 97.8 Å². The third-order valence-corrected chi connectivity index (χ3v) is 2.58. The molecule has 0 saturated heterocycles. The lowest BCUT2D eigenvalue weighted by Crippen LogP contribution is -2.21. The molecule has 0 fully saturated rings. The van der Waals surface area contributed by atoms with Crippen molar-refractivity contribution in [3.05, 3.63) is 35.4 Å². The van der Waals surface area contributed by atoms with Crippen LogP contribution in [0.1, 0.15) is 26.3 Å². The van der Waals surface area contributed by atoms with Crippen molar-refractivity contribution in [1.29, 1.82) is 5.26 Å². The van der Waals surface area contributed by atoms with Crippen molar-refractivity contribution in [3.8, 4) is 6.07 Å². The summed E-state index contributed by atoms with van der Waals surface area (Å²) in [4.78, 5) is 2.30. The van der Waals surface area contributed by atoms with Crippen molar-refractivity contribution in [1.82, 2.24) is 0 Å². The molecule has 16 heavy (non-hydrogen) atoms. The highest BCUT2D eigenvalue weighted by molar-refractivity contribution is 5.59. The van der Waals surface area contributed by atoms with E-state index in [-0.39, 0.29) is 0 Å². The molecule has 2 heteroatoms. The Kier molecular flexibility index (Phi) is 4.60. The maximum Gasteiger partial charge on any atom is 0.0944 e. The van der Waals surface area contributed by atoms with E-state index in [1.807, 2.05) is 13.0 Å². The average Bonchev–Trinajstić information content (AvgIpc) is 2.32. The molecule has 0 bridgehead atoms. The lowest BCUT2D eigenvalue weighted by Gasteiger charge is -2.20. The largest absolute Gasteiger partial charge is 0.372 e. The maximum absolute atomic E-state index is 8.69. The molecule has 84 valence electrons. The fraction of sp³-hybridized carbons (Fsp3) is 0.357. The van der Waals surface area contributed by atoms with Crippen LogP contribution in [0.3, 0.4) is 0 Å². The lowest BCUT2D eigenvalue weighted by molar-refractivity contribution is 0.866. The Bertz CT molecular complexity index is 392. The van der Waals surface area contributed by atoms with Crippen LogP contribution in [0.15, 0.2) is 29.8 Å². The molecule has 1 rings (SSSR count). The number of rotatable bonds is 4. The van der Waals surface area contributed by atoms with E-state index in [9.17, 15) is 0 Å². The highest BCUT2D eigenvalue weighted by atomic mass is 15.1. The normalized spacial score (nSPS) is 11.0. The molecule has 0 unspecified atom stereocenters. The van der Waals surface area contributed by atoms with Crippen molar-refractivity contribution in [2.75, 3.05) is 18.0 Å². The first kappa shape index (κ1) is 12.3. The maximum atomic E-state index is 8.69. The third kappa shape index (κ3) is 3.13. The molecule has 0 saturated carbocycles. The van der Waals surface area contributed by atoms with Gasteiger partial charge in [0.2, 0.25) is 0 Å². The van der Waals surface area contributed by atoms with Gasteiger partial charge in [0.15, 0.2) is 0 Å². The predicted molar refractivity (Wildman–Crippen MR) is 69.3 cm³/mol. The van der Waals surface area contributed by atoms with E-state index in [1.54, 1.807) is 0 Å². The SMILES string of the molecule is CCN(CC)c1ccc(C=C(C)C#N)cc1. The minimum Gasteiger partial charge on any atom is -0.372 e. The van der Waals surface area contributed by atoms with E-state index < -0.39 is 0 Å². The van der Waals surface area contributed by atoms with E-state index in [4.69, 9.17) is 5.26 Å². The Morgan fingerprint density at radius 1 is 1.25 bits per heavy atom. The van der Waals surface area contributed by atoms with Gasteiger partial charge in [-0.2, -0.15) is 5.26 Å². The van der Waals surface area contributed by atoms with Gasteiger partial charge in [-0.3, -0.25) is 0 Å². The summed E-state index contributed by atoms with van der Waals surface area (Å²) in [7, 11) is 0. The van der Waals surface area contributed by atoms with Crippen LogP contribution in [0.25, 0.3) is 6.08 Å². The number of hydrogen-bond donors (Lipinski definition) is 0. The van der Waals surface area contributed by atoms with Crippen LogP contribution in [0.4, 0.5) is 5.69 Å². The van der Waals surface area contributed by atoms with Crippen molar-refractivity contribution < 1.29 is 0 Å². The third-order valence-electron chi connectivity index (χ3n) is 2.58. The minimum atomic E-state index is 0.732. The highest BCUT2D eigenvalue weighted by Gasteiger charge is 2.00. The van der Waals surface area contributed by atoms with Gasteiger partial charge in [-0.1, -0.05) is 12.1 Å². The van der Waals surface area contributed by atoms with Gasteiger partial charge in [0.05, 0.1) is 6.07 Å². The van der Waals surface area contributed by atoms with Crippen molar-refractivity contribution >= 4 is 11.8 Å². The molecule has 0 radical (unpaired) electrons. The van der Waals surface area contributed by atoms with Gasteiger partial charge >= 0.3 is 0 Å². The first-order valence-electron chi connectivity index (χ1n) is 5.64. The summed E-state index contributed by atoms with van der Waals surface area (Å²) in [5, 5.41) is 8.69. The van der Waals surface area contributed by atoms with Crippen LogP contribution >= 0.6 is 0 Å². The minimum absolute atomic E-state index is 0.732. The Morgan fingerprint density at radius 2 is 1.81 bits per heavy atom. The Hall–Kier alpha value is -1.75. The van der Waals surface area contributed by atoms with E-state index in [1.165, 1.54) is 5.69 Å². The molecule has 0 amide bonds. The van der Waals surface area contributed by atoms with Crippen LogP contribution in [-0.4, -0.2) is 13.1 Å². The first-order chi connectivity index (χ1) is 7.71. The number of nitrogens with zero attached hydrogens (tertiary/aromatic N) is 2. The number of anilines is 1. The lowest BCUT2D eigenvalue weighted by atomic mass is 10.1. The fourth-order valence-corrected chi connectivity index (χ4v) is 1.65. The van der Waals surface area contributed by atoms with Crippen molar-refractivity contribution in [3.63, 3.8) is 0 Å². The summed E-state index contributed by atoms with van der Waals surface area (Å²) in [5.74, 6) is 0. The second-order valence-electron chi connectivity index (χ2n) is 3.70. The van der Waals surface area contributed by atoms with Crippen LogP contribution in [0, 0.1) is 11.3 Å². The monoisotopic (exact) mass is 214 g/mol. The summed E-state index contributed by atoms with van der Waals surface area (Å²) in [6.45, 7) is 8.15. The number of allylic oxidation sites excluding steroid dienone is 1. The van der Waals surface area contributed by atoms with Crippen LogP contribution in [0.2, 0.25) is 0 Å². The number of benzene rings is 1. The summed E-state index contributed by atoms with van der Waals surface area (Å²) < 4.78 is 0. The van der Waals surface area contributed by atoms with Gasteiger partial charge in [-0.05, 0) is 44.5 Å². The Morgan fingerprint density at radius 3 is 2.25 bits per heavy atom. The number of hydrogen-bond acceptors (Lipinski definition) is 2. The molecule has 0 aliphatic carbocycles.